The molecule has 0 fully saturated rings. The number of thioether (sulfide) groups is 1. The van der Waals surface area contributed by atoms with Gasteiger partial charge in [0.1, 0.15) is 0 Å². The minimum absolute atomic E-state index is 0.0799. The van der Waals surface area contributed by atoms with Gasteiger partial charge in [0, 0.05) is 20.5 Å². The van der Waals surface area contributed by atoms with Crippen molar-refractivity contribution in [2.75, 3.05) is 0 Å². The summed E-state index contributed by atoms with van der Waals surface area (Å²) in [6.45, 7) is 2.15. The summed E-state index contributed by atoms with van der Waals surface area (Å²) >= 11 is 13.3. The first-order valence-electron chi connectivity index (χ1n) is 8.33. The molecule has 0 radical (unpaired) electrons. The fourth-order valence-electron chi connectivity index (χ4n) is 2.32. The van der Waals surface area contributed by atoms with Crippen LogP contribution in [0.1, 0.15) is 19.2 Å². The summed E-state index contributed by atoms with van der Waals surface area (Å²) in [5, 5.41) is 7.88. The van der Waals surface area contributed by atoms with Gasteiger partial charge in [-0.15, -0.1) is 11.8 Å². The second-order valence-electron chi connectivity index (χ2n) is 5.71. The number of halogens is 2. The van der Waals surface area contributed by atoms with Gasteiger partial charge in [0.2, 0.25) is 17.6 Å². The standard InChI is InChI=1S/C19H17Cl2N3O2S/c1-2-16(27-15-9-7-14(21)8-10-15)19(25)22-11-17-23-18(24-26-17)12-3-5-13(20)6-4-12/h3-10,16H,2,11H2,1H3,(H,22,25). The maximum atomic E-state index is 12.5. The molecule has 2 aromatic carbocycles. The highest BCUT2D eigenvalue weighted by atomic mass is 35.5. The molecule has 8 heteroatoms. The third kappa shape index (κ3) is 5.48. The summed E-state index contributed by atoms with van der Waals surface area (Å²) in [6, 6.07) is 14.6. The van der Waals surface area contributed by atoms with Crippen LogP contribution >= 0.6 is 35.0 Å². The van der Waals surface area contributed by atoms with Crippen LogP contribution in [0.3, 0.4) is 0 Å². The van der Waals surface area contributed by atoms with E-state index in [0.29, 0.717) is 28.2 Å². The first-order chi connectivity index (χ1) is 13.0. The van der Waals surface area contributed by atoms with Crippen molar-refractivity contribution >= 4 is 40.9 Å². The SMILES string of the molecule is CCC(Sc1ccc(Cl)cc1)C(=O)NCc1nc(-c2ccc(Cl)cc2)no1. The molecule has 0 spiro atoms. The molecular weight excluding hydrogens is 405 g/mol. The quantitative estimate of drug-likeness (QED) is 0.528. The molecule has 1 amide bonds. The van der Waals surface area contributed by atoms with Crippen LogP contribution in [-0.4, -0.2) is 21.3 Å². The number of nitrogens with zero attached hydrogens (tertiary/aromatic N) is 2. The van der Waals surface area contributed by atoms with Crippen LogP contribution in [0.4, 0.5) is 0 Å². The molecule has 27 heavy (non-hydrogen) atoms. The zero-order valence-electron chi connectivity index (χ0n) is 14.5. The first-order valence-corrected chi connectivity index (χ1v) is 9.97. The van der Waals surface area contributed by atoms with Crippen LogP contribution in [0.2, 0.25) is 10.0 Å². The van der Waals surface area contributed by atoms with Gasteiger partial charge in [-0.1, -0.05) is 35.3 Å². The molecule has 0 aliphatic carbocycles. The zero-order chi connectivity index (χ0) is 19.2. The number of rotatable bonds is 7. The van der Waals surface area contributed by atoms with E-state index in [9.17, 15) is 4.79 Å². The van der Waals surface area contributed by atoms with Crippen LogP contribution < -0.4 is 5.32 Å². The third-order valence-corrected chi connectivity index (χ3v) is 5.62. The largest absolute Gasteiger partial charge is 0.346 e. The van der Waals surface area contributed by atoms with Crippen molar-refractivity contribution in [3.63, 3.8) is 0 Å². The Morgan fingerprint density at radius 3 is 2.37 bits per heavy atom. The lowest BCUT2D eigenvalue weighted by molar-refractivity contribution is -0.120. The molecule has 1 atom stereocenters. The predicted molar refractivity (Wildman–Crippen MR) is 108 cm³/mol. The van der Waals surface area contributed by atoms with Crippen molar-refractivity contribution in [2.45, 2.75) is 30.0 Å². The van der Waals surface area contributed by atoms with Crippen LogP contribution in [0, 0.1) is 0 Å². The highest BCUT2D eigenvalue weighted by Crippen LogP contribution is 2.27. The lowest BCUT2D eigenvalue weighted by Gasteiger charge is -2.13. The van der Waals surface area contributed by atoms with Gasteiger partial charge < -0.3 is 9.84 Å². The van der Waals surface area contributed by atoms with Gasteiger partial charge in [-0.25, -0.2) is 0 Å². The van der Waals surface area contributed by atoms with Gasteiger partial charge in [0.15, 0.2) is 0 Å². The molecule has 5 nitrogen and oxygen atoms in total. The topological polar surface area (TPSA) is 68.0 Å². The van der Waals surface area contributed by atoms with Gasteiger partial charge in [-0.05, 0) is 55.0 Å². The van der Waals surface area contributed by atoms with Crippen molar-refractivity contribution < 1.29 is 9.32 Å². The van der Waals surface area contributed by atoms with Crippen LogP contribution in [0.5, 0.6) is 0 Å². The summed E-state index contributed by atoms with van der Waals surface area (Å²) in [5.74, 6) is 0.724. The van der Waals surface area contributed by atoms with Gasteiger partial charge in [-0.2, -0.15) is 4.98 Å². The second-order valence-corrected chi connectivity index (χ2v) is 7.85. The average molecular weight is 422 g/mol. The molecule has 3 aromatic rings. The Morgan fingerprint density at radius 1 is 1.11 bits per heavy atom. The van der Waals surface area contributed by atoms with Crippen molar-refractivity contribution in [1.82, 2.24) is 15.5 Å². The van der Waals surface area contributed by atoms with E-state index >= 15 is 0 Å². The number of carbonyl (C=O) groups is 1. The number of amides is 1. The minimum atomic E-state index is -0.218. The summed E-state index contributed by atoms with van der Waals surface area (Å²) in [7, 11) is 0. The highest BCUT2D eigenvalue weighted by Gasteiger charge is 2.19. The fraction of sp³-hybridized carbons (Fsp3) is 0.211. The summed E-state index contributed by atoms with van der Waals surface area (Å²) < 4.78 is 5.21. The Bertz CT molecular complexity index is 898. The zero-order valence-corrected chi connectivity index (χ0v) is 16.8. The monoisotopic (exact) mass is 421 g/mol. The number of hydrogen-bond donors (Lipinski definition) is 1. The molecule has 1 aromatic heterocycles. The van der Waals surface area contributed by atoms with E-state index in [4.69, 9.17) is 27.7 Å². The smallest absolute Gasteiger partial charge is 0.246 e. The molecular formula is C19H17Cl2N3O2S. The molecule has 0 saturated heterocycles. The first kappa shape index (κ1) is 19.7. The van der Waals surface area contributed by atoms with Gasteiger partial charge in [0.05, 0.1) is 11.8 Å². The highest BCUT2D eigenvalue weighted by molar-refractivity contribution is 8.00. The maximum absolute atomic E-state index is 12.5. The van der Waals surface area contributed by atoms with E-state index in [1.807, 2.05) is 43.3 Å². The van der Waals surface area contributed by atoms with Crippen molar-refractivity contribution in [3.8, 4) is 11.4 Å². The van der Waals surface area contributed by atoms with Crippen molar-refractivity contribution in [1.29, 1.82) is 0 Å². The lowest BCUT2D eigenvalue weighted by atomic mass is 10.2. The van der Waals surface area contributed by atoms with E-state index in [0.717, 1.165) is 10.5 Å². The van der Waals surface area contributed by atoms with Crippen molar-refractivity contribution in [3.05, 3.63) is 64.5 Å². The normalized spacial score (nSPS) is 12.0. The minimum Gasteiger partial charge on any atom is -0.346 e. The van der Waals surface area contributed by atoms with E-state index in [2.05, 4.69) is 15.5 Å². The average Bonchev–Trinajstić information content (AvgIpc) is 3.15. The lowest BCUT2D eigenvalue weighted by Crippen LogP contribution is -2.31. The molecule has 0 aliphatic rings. The number of nitrogens with one attached hydrogen (secondary N) is 1. The van der Waals surface area contributed by atoms with E-state index in [1.165, 1.54) is 11.8 Å². The van der Waals surface area contributed by atoms with Crippen LogP contribution in [0.25, 0.3) is 11.4 Å². The summed E-state index contributed by atoms with van der Waals surface area (Å²) in [5.41, 5.74) is 0.797. The van der Waals surface area contributed by atoms with Gasteiger partial charge in [-0.3, -0.25) is 4.79 Å². The van der Waals surface area contributed by atoms with Crippen LogP contribution in [0.15, 0.2) is 57.9 Å². The number of benzene rings is 2. The number of hydrogen-bond acceptors (Lipinski definition) is 5. The molecule has 0 aliphatic heterocycles. The van der Waals surface area contributed by atoms with Gasteiger partial charge in [0.25, 0.3) is 0 Å². The molecule has 3 rings (SSSR count). The Kier molecular flexibility index (Phi) is 6.77. The summed E-state index contributed by atoms with van der Waals surface area (Å²) in [4.78, 5) is 17.8. The molecule has 1 N–H and O–H groups in total. The number of carbonyl (C=O) groups excluding carboxylic acids is 1. The molecule has 0 saturated carbocycles. The van der Waals surface area contributed by atoms with Crippen LogP contribution in [-0.2, 0) is 11.3 Å². The Hall–Kier alpha value is -2.02. The molecule has 140 valence electrons. The maximum Gasteiger partial charge on any atom is 0.246 e. The summed E-state index contributed by atoms with van der Waals surface area (Å²) in [6.07, 6.45) is 0.693. The van der Waals surface area contributed by atoms with Gasteiger partial charge >= 0.3 is 0 Å². The van der Waals surface area contributed by atoms with Crippen molar-refractivity contribution in [2.24, 2.45) is 0 Å². The van der Waals surface area contributed by atoms with E-state index in [1.54, 1.807) is 12.1 Å². The Morgan fingerprint density at radius 2 is 1.74 bits per heavy atom. The fourth-order valence-corrected chi connectivity index (χ4v) is 3.55. The Labute approximate surface area is 171 Å². The third-order valence-electron chi connectivity index (χ3n) is 3.74. The molecule has 1 heterocycles. The predicted octanol–water partition coefficient (Wildman–Crippen LogP) is 5.23. The Balaban J connectivity index is 1.57. The van der Waals surface area contributed by atoms with E-state index < -0.39 is 0 Å². The molecule has 0 bridgehead atoms. The molecule has 1 unspecified atom stereocenters. The number of aromatic nitrogens is 2. The second kappa shape index (κ2) is 9.26. The van der Waals surface area contributed by atoms with E-state index in [-0.39, 0.29) is 17.7 Å².